The minimum atomic E-state index is -3.97. The molecule has 0 radical (unpaired) electrons. The first-order valence-electron chi connectivity index (χ1n) is 10.5. The molecule has 4 rings (SSSR count). The molecule has 1 saturated heterocycles. The number of para-hydroxylation sites is 2. The third-order valence-electron chi connectivity index (χ3n) is 6.14. The zero-order chi connectivity index (χ0) is 22.2. The summed E-state index contributed by atoms with van der Waals surface area (Å²) in [6.45, 7) is 7.54. The van der Waals surface area contributed by atoms with Crippen molar-refractivity contribution in [3.8, 4) is 6.07 Å². The number of nitriles is 1. The lowest BCUT2D eigenvalue weighted by molar-refractivity contribution is 0.436. The maximum Gasteiger partial charge on any atom is 0.200 e. The average molecular weight is 435 g/mol. The summed E-state index contributed by atoms with van der Waals surface area (Å²) in [7, 11) is -3.97. The SMILES string of the molecule is Cc1ccc(S(=O)(=O)C(C#N)c2nc3ccccc3nc2N2CCC(C)CC2)cc1C. The van der Waals surface area contributed by atoms with Gasteiger partial charge in [-0.2, -0.15) is 5.26 Å². The van der Waals surface area contributed by atoms with E-state index in [0.29, 0.717) is 22.8 Å². The van der Waals surface area contributed by atoms with Crippen LogP contribution in [0.4, 0.5) is 5.82 Å². The summed E-state index contributed by atoms with van der Waals surface area (Å²) in [6.07, 6.45) is 1.99. The highest BCUT2D eigenvalue weighted by Crippen LogP contribution is 2.35. The summed E-state index contributed by atoms with van der Waals surface area (Å²) in [5, 5.41) is 8.59. The van der Waals surface area contributed by atoms with Crippen molar-refractivity contribution in [2.75, 3.05) is 18.0 Å². The maximum absolute atomic E-state index is 13.5. The first kappa shape index (κ1) is 21.3. The largest absolute Gasteiger partial charge is 0.355 e. The van der Waals surface area contributed by atoms with E-state index in [4.69, 9.17) is 4.98 Å². The summed E-state index contributed by atoms with van der Waals surface area (Å²) < 4.78 is 27.1. The molecule has 1 unspecified atom stereocenters. The Kier molecular flexibility index (Phi) is 5.67. The van der Waals surface area contributed by atoms with Crippen LogP contribution in [0.2, 0.25) is 0 Å². The van der Waals surface area contributed by atoms with Crippen LogP contribution in [0.5, 0.6) is 0 Å². The van der Waals surface area contributed by atoms with Crippen molar-refractivity contribution in [1.82, 2.24) is 9.97 Å². The highest BCUT2D eigenvalue weighted by atomic mass is 32.2. The van der Waals surface area contributed by atoms with Crippen molar-refractivity contribution in [1.29, 1.82) is 5.26 Å². The number of aromatic nitrogens is 2. The van der Waals surface area contributed by atoms with Crippen molar-refractivity contribution in [2.45, 2.75) is 43.8 Å². The smallest absolute Gasteiger partial charge is 0.200 e. The van der Waals surface area contributed by atoms with Gasteiger partial charge in [0, 0.05) is 13.1 Å². The molecule has 0 bridgehead atoms. The topological polar surface area (TPSA) is 86.9 Å². The fourth-order valence-corrected chi connectivity index (χ4v) is 5.40. The number of aryl methyl sites for hydroxylation is 2. The monoisotopic (exact) mass is 434 g/mol. The second-order valence-electron chi connectivity index (χ2n) is 8.39. The summed E-state index contributed by atoms with van der Waals surface area (Å²) >= 11 is 0. The molecular formula is C24H26N4O2S. The third kappa shape index (κ3) is 4.00. The maximum atomic E-state index is 13.5. The zero-order valence-electron chi connectivity index (χ0n) is 18.0. The van der Waals surface area contributed by atoms with Crippen LogP contribution in [0.3, 0.4) is 0 Å². The number of sulfone groups is 1. The van der Waals surface area contributed by atoms with Gasteiger partial charge in [-0.25, -0.2) is 18.4 Å². The Hall–Kier alpha value is -2.98. The van der Waals surface area contributed by atoms with Gasteiger partial charge in [-0.15, -0.1) is 0 Å². The van der Waals surface area contributed by atoms with Crippen LogP contribution < -0.4 is 4.90 Å². The van der Waals surface area contributed by atoms with E-state index in [-0.39, 0.29) is 10.6 Å². The molecule has 0 N–H and O–H groups in total. The van der Waals surface area contributed by atoms with E-state index in [2.05, 4.69) is 16.8 Å². The predicted octanol–water partition coefficient (Wildman–Crippen LogP) is 4.52. The van der Waals surface area contributed by atoms with Gasteiger partial charge in [0.25, 0.3) is 0 Å². The normalized spacial score (nSPS) is 16.3. The second-order valence-corrected chi connectivity index (χ2v) is 10.4. The van der Waals surface area contributed by atoms with E-state index < -0.39 is 15.1 Å². The molecule has 1 aliphatic heterocycles. The Bertz CT molecular complexity index is 1270. The van der Waals surface area contributed by atoms with Crippen LogP contribution in [0.25, 0.3) is 11.0 Å². The van der Waals surface area contributed by atoms with Gasteiger partial charge >= 0.3 is 0 Å². The van der Waals surface area contributed by atoms with E-state index in [1.54, 1.807) is 24.3 Å². The first-order chi connectivity index (χ1) is 14.8. The van der Waals surface area contributed by atoms with Gasteiger partial charge in [-0.05, 0) is 68.0 Å². The van der Waals surface area contributed by atoms with E-state index in [1.165, 1.54) is 0 Å². The third-order valence-corrected chi connectivity index (χ3v) is 8.00. The molecule has 2 aromatic carbocycles. The Balaban J connectivity index is 1.88. The van der Waals surface area contributed by atoms with Gasteiger partial charge in [-0.3, -0.25) is 0 Å². The molecule has 0 spiro atoms. The number of benzene rings is 2. The van der Waals surface area contributed by atoms with E-state index in [1.807, 2.05) is 38.1 Å². The quantitative estimate of drug-likeness (QED) is 0.600. The summed E-state index contributed by atoms with van der Waals surface area (Å²) in [5.41, 5.74) is 3.37. The van der Waals surface area contributed by atoms with Gasteiger partial charge < -0.3 is 4.90 Å². The average Bonchev–Trinajstić information content (AvgIpc) is 2.76. The van der Waals surface area contributed by atoms with E-state index >= 15 is 0 Å². The lowest BCUT2D eigenvalue weighted by atomic mass is 9.99. The summed E-state index contributed by atoms with van der Waals surface area (Å²) in [5.74, 6) is 1.11. The molecule has 0 saturated carbocycles. The number of anilines is 1. The Labute approximate surface area is 183 Å². The lowest BCUT2D eigenvalue weighted by Gasteiger charge is -2.32. The highest BCUT2D eigenvalue weighted by molar-refractivity contribution is 7.92. The highest BCUT2D eigenvalue weighted by Gasteiger charge is 2.35. The fraction of sp³-hybridized carbons (Fsp3) is 0.375. The molecule has 1 aliphatic rings. The van der Waals surface area contributed by atoms with Gasteiger partial charge in [0.15, 0.2) is 11.1 Å². The molecule has 0 aliphatic carbocycles. The van der Waals surface area contributed by atoms with Gasteiger partial charge in [0.1, 0.15) is 5.69 Å². The van der Waals surface area contributed by atoms with Crippen molar-refractivity contribution in [2.24, 2.45) is 5.92 Å². The lowest BCUT2D eigenvalue weighted by Crippen LogP contribution is -2.35. The Morgan fingerprint density at radius 3 is 2.29 bits per heavy atom. The van der Waals surface area contributed by atoms with E-state index in [0.717, 1.165) is 37.1 Å². The molecule has 160 valence electrons. The molecule has 0 amide bonds. The van der Waals surface area contributed by atoms with Gasteiger partial charge in [0.05, 0.1) is 22.0 Å². The zero-order valence-corrected chi connectivity index (χ0v) is 18.9. The number of hydrogen-bond acceptors (Lipinski definition) is 6. The van der Waals surface area contributed by atoms with Crippen molar-refractivity contribution < 1.29 is 8.42 Å². The molecule has 3 aromatic rings. The Morgan fingerprint density at radius 2 is 1.68 bits per heavy atom. The summed E-state index contributed by atoms with van der Waals surface area (Å²) in [6, 6.07) is 14.4. The molecule has 1 atom stereocenters. The number of fused-ring (bicyclic) bond motifs is 1. The fourth-order valence-electron chi connectivity index (χ4n) is 3.94. The molecule has 1 fully saturated rings. The van der Waals surface area contributed by atoms with E-state index in [9.17, 15) is 13.7 Å². The van der Waals surface area contributed by atoms with Crippen molar-refractivity contribution >= 4 is 26.7 Å². The molecule has 31 heavy (non-hydrogen) atoms. The van der Waals surface area contributed by atoms with Crippen molar-refractivity contribution in [3.63, 3.8) is 0 Å². The van der Waals surface area contributed by atoms with Crippen molar-refractivity contribution in [3.05, 3.63) is 59.3 Å². The van der Waals surface area contributed by atoms with Crippen LogP contribution in [0, 0.1) is 31.1 Å². The van der Waals surface area contributed by atoms with Crippen LogP contribution in [-0.2, 0) is 9.84 Å². The summed E-state index contributed by atoms with van der Waals surface area (Å²) in [4.78, 5) is 11.7. The van der Waals surface area contributed by atoms with Gasteiger partial charge in [0.2, 0.25) is 9.84 Å². The molecular weight excluding hydrogens is 408 g/mol. The standard InChI is InChI=1S/C24H26N4O2S/c1-16-10-12-28(13-11-16)24-23(26-20-6-4-5-7-21(20)27-24)22(15-25)31(29,30)19-9-8-17(2)18(3)14-19/h4-9,14,16,22H,10-13H2,1-3H3. The number of rotatable bonds is 4. The minimum Gasteiger partial charge on any atom is -0.355 e. The van der Waals surface area contributed by atoms with Crippen LogP contribution >= 0.6 is 0 Å². The number of piperidine rings is 1. The molecule has 6 nitrogen and oxygen atoms in total. The first-order valence-corrected chi connectivity index (χ1v) is 12.1. The van der Waals surface area contributed by atoms with Crippen LogP contribution in [-0.4, -0.2) is 31.5 Å². The van der Waals surface area contributed by atoms with Crippen LogP contribution in [0.1, 0.15) is 41.8 Å². The Morgan fingerprint density at radius 1 is 1.03 bits per heavy atom. The number of nitrogens with zero attached hydrogens (tertiary/aromatic N) is 4. The second kappa shape index (κ2) is 8.27. The molecule has 7 heteroatoms. The van der Waals surface area contributed by atoms with Gasteiger partial charge in [-0.1, -0.05) is 25.1 Å². The minimum absolute atomic E-state index is 0.135. The predicted molar refractivity (Wildman–Crippen MR) is 122 cm³/mol. The van der Waals surface area contributed by atoms with Crippen LogP contribution in [0.15, 0.2) is 47.4 Å². The molecule has 1 aromatic heterocycles. The molecule has 2 heterocycles. The number of hydrogen-bond donors (Lipinski definition) is 0.